The third-order valence-corrected chi connectivity index (χ3v) is 6.10. The summed E-state index contributed by atoms with van der Waals surface area (Å²) < 4.78 is 10.7. The molecule has 2 aromatic rings. The van der Waals surface area contributed by atoms with E-state index in [1.165, 1.54) is 25.3 Å². The van der Waals surface area contributed by atoms with E-state index in [0.29, 0.717) is 18.8 Å². The molecule has 0 aliphatic carbocycles. The van der Waals surface area contributed by atoms with E-state index in [1.54, 1.807) is 23.1 Å². The number of carbonyl (C=O) groups is 3. The molecule has 0 radical (unpaired) electrons. The van der Waals surface area contributed by atoms with Crippen molar-refractivity contribution in [2.45, 2.75) is 12.8 Å². The zero-order valence-electron chi connectivity index (χ0n) is 17.1. The molecular weight excluding hydrogens is 438 g/mol. The maximum atomic E-state index is 12.7. The molecule has 4 rings (SSSR count). The summed E-state index contributed by atoms with van der Waals surface area (Å²) in [6.45, 7) is 0.985. The first-order valence-electron chi connectivity index (χ1n) is 9.83. The Morgan fingerprint density at radius 3 is 2.69 bits per heavy atom. The number of methoxy groups -OCH3 is 1. The lowest BCUT2D eigenvalue weighted by Crippen LogP contribution is -2.40. The number of hydrogen-bond acceptors (Lipinski definition) is 8. The van der Waals surface area contributed by atoms with Crippen LogP contribution in [0.2, 0.25) is 0 Å². The SMILES string of the molecule is COc1ccc(-c2ccc(/C=C3/SC(=O)N(CC(=O)N4CCCC4)C3=O)o2)c([N+](=O)[O-])c1. The van der Waals surface area contributed by atoms with Gasteiger partial charge in [0, 0.05) is 19.2 Å². The van der Waals surface area contributed by atoms with Crippen LogP contribution < -0.4 is 4.74 Å². The second-order valence-corrected chi connectivity index (χ2v) is 8.19. The predicted octanol–water partition coefficient (Wildman–Crippen LogP) is 3.52. The minimum Gasteiger partial charge on any atom is -0.497 e. The van der Waals surface area contributed by atoms with Gasteiger partial charge in [-0.2, -0.15) is 0 Å². The zero-order valence-corrected chi connectivity index (χ0v) is 17.9. The number of thioether (sulfide) groups is 1. The molecule has 0 atom stereocenters. The first-order valence-corrected chi connectivity index (χ1v) is 10.6. The molecule has 2 fully saturated rings. The van der Waals surface area contributed by atoms with E-state index < -0.39 is 16.1 Å². The predicted molar refractivity (Wildman–Crippen MR) is 116 cm³/mol. The molecule has 2 aliphatic heterocycles. The first-order chi connectivity index (χ1) is 15.4. The Bertz CT molecular complexity index is 1130. The largest absolute Gasteiger partial charge is 0.497 e. The van der Waals surface area contributed by atoms with Crippen molar-refractivity contribution in [2.75, 3.05) is 26.7 Å². The third-order valence-electron chi connectivity index (χ3n) is 5.19. The van der Waals surface area contributed by atoms with Crippen LogP contribution >= 0.6 is 11.8 Å². The number of furan rings is 1. The number of likely N-dealkylation sites (tertiary alicyclic amines) is 1. The molecule has 1 aromatic carbocycles. The number of nitrogens with zero attached hydrogens (tertiary/aromatic N) is 3. The van der Waals surface area contributed by atoms with Crippen molar-refractivity contribution in [2.24, 2.45) is 0 Å². The summed E-state index contributed by atoms with van der Waals surface area (Å²) in [7, 11) is 1.41. The summed E-state index contributed by atoms with van der Waals surface area (Å²) in [6.07, 6.45) is 3.23. The molecule has 0 N–H and O–H groups in total. The number of rotatable bonds is 6. The number of ether oxygens (including phenoxy) is 1. The van der Waals surface area contributed by atoms with Gasteiger partial charge < -0.3 is 14.1 Å². The quantitative estimate of drug-likeness (QED) is 0.367. The Balaban J connectivity index is 1.53. The average molecular weight is 457 g/mol. The summed E-state index contributed by atoms with van der Waals surface area (Å²) in [6, 6.07) is 7.47. The highest BCUT2D eigenvalue weighted by Gasteiger charge is 2.37. The fraction of sp³-hybridized carbons (Fsp3) is 0.286. The summed E-state index contributed by atoms with van der Waals surface area (Å²) in [5.41, 5.74) is 0.0609. The fourth-order valence-electron chi connectivity index (χ4n) is 3.54. The van der Waals surface area contributed by atoms with Crippen molar-refractivity contribution >= 4 is 40.6 Å². The molecule has 2 saturated heterocycles. The summed E-state index contributed by atoms with van der Waals surface area (Å²) in [5.74, 6) is -0.000940. The van der Waals surface area contributed by atoms with E-state index >= 15 is 0 Å². The molecule has 0 unspecified atom stereocenters. The van der Waals surface area contributed by atoms with Gasteiger partial charge in [0.25, 0.3) is 16.8 Å². The molecule has 3 amide bonds. The summed E-state index contributed by atoms with van der Waals surface area (Å²) in [5, 5.41) is 10.9. The van der Waals surface area contributed by atoms with Gasteiger partial charge in [0.1, 0.15) is 23.8 Å². The van der Waals surface area contributed by atoms with E-state index in [1.807, 2.05) is 0 Å². The maximum Gasteiger partial charge on any atom is 0.294 e. The molecule has 0 spiro atoms. The first kappa shape index (κ1) is 21.6. The normalized spacial score (nSPS) is 17.5. The van der Waals surface area contributed by atoms with Crippen LogP contribution in [-0.4, -0.2) is 58.5 Å². The Morgan fingerprint density at radius 1 is 1.25 bits per heavy atom. The van der Waals surface area contributed by atoms with Crippen molar-refractivity contribution in [3.8, 4) is 17.1 Å². The third kappa shape index (κ3) is 4.24. The van der Waals surface area contributed by atoms with Gasteiger partial charge >= 0.3 is 0 Å². The monoisotopic (exact) mass is 457 g/mol. The Kier molecular flexibility index (Phi) is 5.99. The van der Waals surface area contributed by atoms with Gasteiger partial charge in [0.05, 0.1) is 28.6 Å². The van der Waals surface area contributed by atoms with Gasteiger partial charge in [-0.1, -0.05) is 0 Å². The number of amides is 3. The molecule has 10 nitrogen and oxygen atoms in total. The lowest BCUT2D eigenvalue weighted by Gasteiger charge is -2.18. The second-order valence-electron chi connectivity index (χ2n) is 7.20. The minimum atomic E-state index is -0.569. The summed E-state index contributed by atoms with van der Waals surface area (Å²) in [4.78, 5) is 50.8. The smallest absolute Gasteiger partial charge is 0.294 e. The lowest BCUT2D eigenvalue weighted by atomic mass is 10.1. The van der Waals surface area contributed by atoms with Crippen LogP contribution in [0.5, 0.6) is 5.75 Å². The highest BCUT2D eigenvalue weighted by molar-refractivity contribution is 8.18. The van der Waals surface area contributed by atoms with E-state index in [9.17, 15) is 24.5 Å². The number of benzene rings is 1. The molecule has 0 saturated carbocycles. The Labute approximate surface area is 186 Å². The second kappa shape index (κ2) is 8.87. The van der Waals surface area contributed by atoms with E-state index in [4.69, 9.17) is 9.15 Å². The van der Waals surface area contributed by atoms with E-state index in [0.717, 1.165) is 29.5 Å². The van der Waals surface area contributed by atoms with Gasteiger partial charge in [0.15, 0.2) is 0 Å². The van der Waals surface area contributed by atoms with Crippen molar-refractivity contribution in [3.05, 3.63) is 51.1 Å². The Morgan fingerprint density at radius 2 is 2.00 bits per heavy atom. The highest BCUT2D eigenvalue weighted by atomic mass is 32.2. The number of hydrogen-bond donors (Lipinski definition) is 0. The lowest BCUT2D eigenvalue weighted by molar-refractivity contribution is -0.384. The number of nitro benzene ring substituents is 1. The number of imide groups is 1. The molecule has 0 bridgehead atoms. The van der Waals surface area contributed by atoms with Gasteiger partial charge in [-0.05, 0) is 48.9 Å². The van der Waals surface area contributed by atoms with Crippen LogP contribution in [0.1, 0.15) is 18.6 Å². The van der Waals surface area contributed by atoms with Crippen molar-refractivity contribution in [1.82, 2.24) is 9.80 Å². The van der Waals surface area contributed by atoms with E-state index in [-0.39, 0.29) is 40.1 Å². The Hall–Kier alpha value is -3.60. The van der Waals surface area contributed by atoms with E-state index in [2.05, 4.69) is 0 Å². The molecule has 32 heavy (non-hydrogen) atoms. The topological polar surface area (TPSA) is 123 Å². The molecule has 3 heterocycles. The molecule has 166 valence electrons. The van der Waals surface area contributed by atoms with Gasteiger partial charge in [-0.15, -0.1) is 0 Å². The van der Waals surface area contributed by atoms with Crippen LogP contribution in [0, 0.1) is 10.1 Å². The van der Waals surface area contributed by atoms with Crippen LogP contribution in [0.15, 0.2) is 39.7 Å². The molecule has 2 aliphatic rings. The van der Waals surface area contributed by atoms with Crippen molar-refractivity contribution in [3.63, 3.8) is 0 Å². The molecular formula is C21H19N3O7S. The zero-order chi connectivity index (χ0) is 22.8. The van der Waals surface area contributed by atoms with Gasteiger partial charge in [-0.3, -0.25) is 29.4 Å². The molecule has 1 aromatic heterocycles. The standard InChI is InChI=1S/C21H19N3O7S/c1-30-13-4-6-15(16(10-13)24(28)29)17-7-5-14(31-17)11-18-20(26)23(21(27)32-18)12-19(25)22-8-2-3-9-22/h4-7,10-11H,2-3,8-9,12H2,1H3/b18-11+. The number of nitro groups is 1. The van der Waals surface area contributed by atoms with Crippen LogP contribution in [0.4, 0.5) is 10.5 Å². The maximum absolute atomic E-state index is 12.7. The fourth-order valence-corrected chi connectivity index (χ4v) is 4.36. The molecule has 11 heteroatoms. The van der Waals surface area contributed by atoms with Crippen molar-refractivity contribution in [1.29, 1.82) is 0 Å². The van der Waals surface area contributed by atoms with Gasteiger partial charge in [0.2, 0.25) is 5.91 Å². The van der Waals surface area contributed by atoms with Crippen LogP contribution in [0.25, 0.3) is 17.4 Å². The summed E-state index contributed by atoms with van der Waals surface area (Å²) >= 11 is 0.722. The van der Waals surface area contributed by atoms with Crippen LogP contribution in [0.3, 0.4) is 0 Å². The van der Waals surface area contributed by atoms with Crippen molar-refractivity contribution < 1.29 is 28.5 Å². The minimum absolute atomic E-state index is 0.120. The number of carbonyl (C=O) groups excluding carboxylic acids is 3. The highest BCUT2D eigenvalue weighted by Crippen LogP contribution is 2.36. The van der Waals surface area contributed by atoms with Crippen LogP contribution in [-0.2, 0) is 9.59 Å². The van der Waals surface area contributed by atoms with Gasteiger partial charge in [-0.25, -0.2) is 0 Å². The average Bonchev–Trinajstić information content (AvgIpc) is 3.52.